The van der Waals surface area contributed by atoms with Gasteiger partial charge in [0.1, 0.15) is 5.75 Å². The van der Waals surface area contributed by atoms with E-state index in [1.165, 1.54) is 11.2 Å². The normalized spacial score (nSPS) is 20.6. The minimum Gasteiger partial charge on any atom is -0.496 e. The maximum atomic E-state index is 13.8. The van der Waals surface area contributed by atoms with Crippen LogP contribution in [0.25, 0.3) is 0 Å². The number of anilines is 1. The maximum absolute atomic E-state index is 13.8. The van der Waals surface area contributed by atoms with Gasteiger partial charge in [0.05, 0.1) is 18.1 Å². The molecule has 0 N–H and O–H groups in total. The fourth-order valence-electron chi connectivity index (χ4n) is 4.68. The zero-order chi connectivity index (χ0) is 22.9. The van der Waals surface area contributed by atoms with Crippen LogP contribution in [0.3, 0.4) is 0 Å². The molecule has 7 nitrogen and oxygen atoms in total. The van der Waals surface area contributed by atoms with Gasteiger partial charge in [0.15, 0.2) is 0 Å². The van der Waals surface area contributed by atoms with E-state index in [1.54, 1.807) is 30.2 Å². The molecule has 0 aliphatic carbocycles. The Morgan fingerprint density at radius 1 is 1.25 bits per heavy atom. The molecule has 2 aromatic carbocycles. The van der Waals surface area contributed by atoms with Crippen LogP contribution in [-0.4, -0.2) is 51.0 Å². The van der Waals surface area contributed by atoms with Crippen molar-refractivity contribution >= 4 is 21.6 Å². The molecular formula is C24H30N2O5S. The smallest absolute Gasteiger partial charge is 0.243 e. The van der Waals surface area contributed by atoms with Crippen LogP contribution in [0.1, 0.15) is 37.8 Å². The Bertz CT molecular complexity index is 1100. The van der Waals surface area contributed by atoms with E-state index in [2.05, 4.69) is 0 Å². The van der Waals surface area contributed by atoms with Gasteiger partial charge in [0, 0.05) is 43.9 Å². The Morgan fingerprint density at radius 3 is 2.72 bits per heavy atom. The summed E-state index contributed by atoms with van der Waals surface area (Å²) in [6, 6.07) is 12.5. The molecule has 0 aromatic heterocycles. The summed E-state index contributed by atoms with van der Waals surface area (Å²) in [5.74, 6) is 0.614. The van der Waals surface area contributed by atoms with Crippen LogP contribution in [0, 0.1) is 0 Å². The fraction of sp³-hybridized carbons (Fsp3) is 0.458. The molecule has 2 aliphatic rings. The van der Waals surface area contributed by atoms with Crippen molar-refractivity contribution < 1.29 is 22.7 Å². The van der Waals surface area contributed by atoms with Crippen LogP contribution < -0.4 is 9.64 Å². The molecule has 32 heavy (non-hydrogen) atoms. The summed E-state index contributed by atoms with van der Waals surface area (Å²) >= 11 is 0. The average Bonchev–Trinajstić information content (AvgIpc) is 3.39. The lowest BCUT2D eigenvalue weighted by atomic mass is 10.1. The third-order valence-corrected chi connectivity index (χ3v) is 8.02. The summed E-state index contributed by atoms with van der Waals surface area (Å²) in [5, 5.41) is 0. The molecule has 4 rings (SSSR count). The first-order valence-electron chi connectivity index (χ1n) is 11.0. The molecule has 2 atom stereocenters. The monoisotopic (exact) mass is 458 g/mol. The molecule has 0 unspecified atom stereocenters. The third-order valence-electron chi connectivity index (χ3n) is 6.21. The van der Waals surface area contributed by atoms with Crippen LogP contribution in [0.5, 0.6) is 5.75 Å². The van der Waals surface area contributed by atoms with Gasteiger partial charge in [-0.05, 0) is 56.0 Å². The first-order chi connectivity index (χ1) is 15.3. The van der Waals surface area contributed by atoms with Gasteiger partial charge in [0.25, 0.3) is 0 Å². The Kier molecular flexibility index (Phi) is 6.55. The summed E-state index contributed by atoms with van der Waals surface area (Å²) in [7, 11) is -2.21. The van der Waals surface area contributed by atoms with Crippen LogP contribution >= 0.6 is 0 Å². The summed E-state index contributed by atoms with van der Waals surface area (Å²) in [5.41, 5.74) is 2.47. The van der Waals surface area contributed by atoms with E-state index < -0.39 is 10.0 Å². The second kappa shape index (κ2) is 9.21. The lowest BCUT2D eigenvalue weighted by Gasteiger charge is -2.26. The van der Waals surface area contributed by atoms with Crippen LogP contribution in [0.2, 0.25) is 0 Å². The number of carbonyl (C=O) groups excluding carboxylic acids is 1. The van der Waals surface area contributed by atoms with E-state index in [0.717, 1.165) is 29.7 Å². The van der Waals surface area contributed by atoms with Crippen molar-refractivity contribution in [1.29, 1.82) is 0 Å². The molecule has 0 saturated carbocycles. The van der Waals surface area contributed by atoms with Gasteiger partial charge < -0.3 is 14.4 Å². The lowest BCUT2D eigenvalue weighted by Crippen LogP contribution is -2.37. The van der Waals surface area contributed by atoms with Gasteiger partial charge in [-0.15, -0.1) is 0 Å². The number of fused-ring (bicyclic) bond motifs is 1. The number of ether oxygens (including phenoxy) is 2. The quantitative estimate of drug-likeness (QED) is 0.636. The molecule has 0 spiro atoms. The Balaban J connectivity index is 1.68. The van der Waals surface area contributed by atoms with E-state index >= 15 is 0 Å². The molecule has 2 heterocycles. The molecule has 8 heteroatoms. The topological polar surface area (TPSA) is 76.2 Å². The Morgan fingerprint density at radius 2 is 2.03 bits per heavy atom. The fourth-order valence-corrected chi connectivity index (χ4v) is 6.18. The van der Waals surface area contributed by atoms with Crippen molar-refractivity contribution in [2.24, 2.45) is 0 Å². The third kappa shape index (κ3) is 4.40. The number of carbonyl (C=O) groups is 1. The van der Waals surface area contributed by atoms with Crippen LogP contribution in [0.15, 0.2) is 47.4 Å². The van der Waals surface area contributed by atoms with Crippen molar-refractivity contribution in [3.05, 3.63) is 53.6 Å². The standard InChI is InChI=1S/C24H30N2O5S/c1-17-13-20-14-22(10-11-23(20)26(17)18(2)27)32(28,29)25(16-21-8-6-12-31-21)15-19-7-4-5-9-24(19)30-3/h4-5,7,9-11,14,17,21H,6,8,12-13,15-16H2,1-3H3/t17-,21+/m1/s1. The molecule has 1 fully saturated rings. The number of para-hydroxylation sites is 1. The molecular weight excluding hydrogens is 428 g/mol. The van der Waals surface area contributed by atoms with Gasteiger partial charge in [0.2, 0.25) is 15.9 Å². The number of amides is 1. The summed E-state index contributed by atoms with van der Waals surface area (Å²) in [6.07, 6.45) is 2.29. The number of methoxy groups -OCH3 is 1. The Labute approximate surface area is 190 Å². The molecule has 2 aliphatic heterocycles. The van der Waals surface area contributed by atoms with Crippen molar-refractivity contribution in [3.8, 4) is 5.75 Å². The minimum absolute atomic E-state index is 0.0111. The highest BCUT2D eigenvalue weighted by molar-refractivity contribution is 7.89. The zero-order valence-corrected chi connectivity index (χ0v) is 19.6. The number of rotatable bonds is 7. The van der Waals surface area contributed by atoms with E-state index in [1.807, 2.05) is 31.2 Å². The van der Waals surface area contributed by atoms with E-state index in [4.69, 9.17) is 9.47 Å². The van der Waals surface area contributed by atoms with Crippen LogP contribution in [-0.2, 0) is 32.5 Å². The first-order valence-corrected chi connectivity index (χ1v) is 12.4. The van der Waals surface area contributed by atoms with Crippen molar-refractivity contribution in [2.45, 2.75) is 56.7 Å². The first kappa shape index (κ1) is 22.8. The predicted molar refractivity (Wildman–Crippen MR) is 122 cm³/mol. The maximum Gasteiger partial charge on any atom is 0.243 e. The average molecular weight is 459 g/mol. The second-order valence-electron chi connectivity index (χ2n) is 8.48. The zero-order valence-electron chi connectivity index (χ0n) is 18.8. The number of sulfonamides is 1. The van der Waals surface area contributed by atoms with Gasteiger partial charge >= 0.3 is 0 Å². The predicted octanol–water partition coefficient (Wildman–Crippen LogP) is 3.36. The number of hydrogen-bond acceptors (Lipinski definition) is 5. The van der Waals surface area contributed by atoms with E-state index in [-0.39, 0.29) is 36.0 Å². The highest BCUT2D eigenvalue weighted by Crippen LogP contribution is 2.35. The SMILES string of the molecule is COc1ccccc1CN(C[C@@H]1CCCO1)S(=O)(=O)c1ccc2c(c1)C[C@@H](C)N2C(C)=O. The molecule has 1 saturated heterocycles. The lowest BCUT2D eigenvalue weighted by molar-refractivity contribution is -0.116. The van der Waals surface area contributed by atoms with Crippen LogP contribution in [0.4, 0.5) is 5.69 Å². The molecule has 2 aromatic rings. The van der Waals surface area contributed by atoms with E-state index in [9.17, 15) is 13.2 Å². The molecule has 1 amide bonds. The molecule has 0 bridgehead atoms. The number of benzene rings is 2. The van der Waals surface area contributed by atoms with Crippen molar-refractivity contribution in [3.63, 3.8) is 0 Å². The summed E-state index contributed by atoms with van der Waals surface area (Å²) < 4.78 is 40.2. The van der Waals surface area contributed by atoms with Crippen molar-refractivity contribution in [2.75, 3.05) is 25.2 Å². The number of nitrogens with zero attached hydrogens (tertiary/aromatic N) is 2. The van der Waals surface area contributed by atoms with Gasteiger partial charge in [-0.2, -0.15) is 4.31 Å². The highest BCUT2D eigenvalue weighted by atomic mass is 32.2. The minimum atomic E-state index is -3.79. The number of hydrogen-bond donors (Lipinski definition) is 0. The summed E-state index contributed by atoms with van der Waals surface area (Å²) in [6.45, 7) is 4.64. The van der Waals surface area contributed by atoms with Gasteiger partial charge in [-0.1, -0.05) is 18.2 Å². The van der Waals surface area contributed by atoms with E-state index in [0.29, 0.717) is 18.8 Å². The molecule has 0 radical (unpaired) electrons. The van der Waals surface area contributed by atoms with Crippen molar-refractivity contribution in [1.82, 2.24) is 4.31 Å². The highest BCUT2D eigenvalue weighted by Gasteiger charge is 2.33. The Hall–Kier alpha value is -2.42. The largest absolute Gasteiger partial charge is 0.496 e. The van der Waals surface area contributed by atoms with Gasteiger partial charge in [-0.25, -0.2) is 8.42 Å². The second-order valence-corrected chi connectivity index (χ2v) is 10.4. The molecule has 172 valence electrons. The van der Waals surface area contributed by atoms with Gasteiger partial charge in [-0.3, -0.25) is 4.79 Å². The summed E-state index contributed by atoms with van der Waals surface area (Å²) in [4.78, 5) is 14.0.